The van der Waals surface area contributed by atoms with Crippen LogP contribution < -0.4 is 0 Å². The number of aryl methyl sites for hydroxylation is 1. The normalized spacial score (nSPS) is 15.9. The lowest BCUT2D eigenvalue weighted by Gasteiger charge is -2.34. The number of fused-ring (bicyclic) bond motifs is 1. The molecule has 4 aromatic carbocycles. The van der Waals surface area contributed by atoms with Crippen LogP contribution in [0.15, 0.2) is 83.8 Å². The van der Waals surface area contributed by atoms with Crippen molar-refractivity contribution in [2.24, 2.45) is 0 Å². The summed E-state index contributed by atoms with van der Waals surface area (Å²) >= 11 is 12.7. The maximum Gasteiger partial charge on any atom is 0.254 e. The van der Waals surface area contributed by atoms with Crippen molar-refractivity contribution in [1.29, 1.82) is 0 Å². The zero-order chi connectivity index (χ0) is 29.8. The summed E-state index contributed by atoms with van der Waals surface area (Å²) < 4.78 is 12.3. The number of rotatable bonds is 9. The van der Waals surface area contributed by atoms with Gasteiger partial charge in [0.15, 0.2) is 0 Å². The second kappa shape index (κ2) is 13.7. The van der Waals surface area contributed by atoms with Crippen molar-refractivity contribution in [3.8, 4) is 0 Å². The molecule has 1 saturated heterocycles. The van der Waals surface area contributed by atoms with E-state index in [1.54, 1.807) is 6.26 Å². The van der Waals surface area contributed by atoms with Crippen molar-refractivity contribution in [2.45, 2.75) is 42.9 Å². The number of carbonyl (C=O) groups is 1. The van der Waals surface area contributed by atoms with Crippen LogP contribution in [0.25, 0.3) is 10.8 Å². The Morgan fingerprint density at radius 2 is 1.69 bits per heavy atom. The number of hydrogen-bond donors (Lipinski definition) is 0. The van der Waals surface area contributed by atoms with Crippen LogP contribution in [0.5, 0.6) is 0 Å². The fraction of sp³-hybridized carbons (Fsp3) is 0.343. The van der Waals surface area contributed by atoms with E-state index in [1.807, 2.05) is 79.5 Å². The average molecular weight is 622 g/mol. The first-order chi connectivity index (χ1) is 20.2. The van der Waals surface area contributed by atoms with Crippen LogP contribution in [-0.4, -0.2) is 59.4 Å². The second-order valence-corrected chi connectivity index (χ2v) is 13.6. The first-order valence-corrected chi connectivity index (χ1v) is 16.9. The topological polar surface area (TPSA) is 40.6 Å². The molecular weight excluding hydrogens is 583 g/mol. The molecule has 1 heterocycles. The molecule has 0 unspecified atom stereocenters. The third-order valence-corrected chi connectivity index (χ3v) is 10.4. The van der Waals surface area contributed by atoms with Gasteiger partial charge in [0.25, 0.3) is 5.91 Å². The Morgan fingerprint density at radius 3 is 2.43 bits per heavy atom. The monoisotopic (exact) mass is 620 g/mol. The van der Waals surface area contributed by atoms with E-state index in [0.717, 1.165) is 71.3 Å². The quantitative estimate of drug-likeness (QED) is 0.189. The number of amides is 1. The van der Waals surface area contributed by atoms with Crippen LogP contribution in [0, 0.1) is 6.92 Å². The molecule has 5 rings (SSSR count). The van der Waals surface area contributed by atoms with Gasteiger partial charge in [-0.15, -0.1) is 0 Å². The Hall–Kier alpha value is -2.70. The van der Waals surface area contributed by atoms with E-state index < -0.39 is 10.8 Å². The molecule has 2 atom stereocenters. The second-order valence-electron chi connectivity index (χ2n) is 11.4. The number of benzene rings is 4. The zero-order valence-electron chi connectivity index (χ0n) is 24.5. The van der Waals surface area contributed by atoms with Gasteiger partial charge in [-0.2, -0.15) is 0 Å². The van der Waals surface area contributed by atoms with Crippen molar-refractivity contribution >= 4 is 50.7 Å². The number of likely N-dealkylation sites (tertiary alicyclic amines) is 1. The molecule has 4 nitrogen and oxygen atoms in total. The van der Waals surface area contributed by atoms with Gasteiger partial charge >= 0.3 is 0 Å². The lowest BCUT2D eigenvalue weighted by atomic mass is 9.88. The van der Waals surface area contributed by atoms with Crippen molar-refractivity contribution in [1.82, 2.24) is 9.80 Å². The molecule has 0 radical (unpaired) electrons. The standard InChI is InChI=1S/C35H38Cl2N2O2S/c1-24-12-13-25-8-4-5-10-30(25)34(24)35(40)38(2)23-28(27-14-15-31(36)32(37)22-27)18-21-39-19-16-26(17-20-39)29-9-6-7-11-33(29)42(3)41/h4-15,22,26,28H,16-21,23H2,1-3H3/t28-,42+/m1/s1. The summed E-state index contributed by atoms with van der Waals surface area (Å²) in [5, 5.41) is 3.12. The molecular formula is C35H38Cl2N2O2S. The molecule has 7 heteroatoms. The van der Waals surface area contributed by atoms with Crippen LogP contribution >= 0.6 is 23.2 Å². The summed E-state index contributed by atoms with van der Waals surface area (Å²) in [6, 6.07) is 26.2. The lowest BCUT2D eigenvalue weighted by molar-refractivity contribution is 0.0783. The highest BCUT2D eigenvalue weighted by molar-refractivity contribution is 7.84. The molecule has 1 fully saturated rings. The third-order valence-electron chi connectivity index (χ3n) is 8.66. The molecule has 0 N–H and O–H groups in total. The van der Waals surface area contributed by atoms with Crippen LogP contribution in [0.2, 0.25) is 10.0 Å². The van der Waals surface area contributed by atoms with E-state index in [4.69, 9.17) is 23.2 Å². The predicted molar refractivity (Wildman–Crippen MR) is 177 cm³/mol. The summed E-state index contributed by atoms with van der Waals surface area (Å²) in [7, 11) is 0.913. The maximum atomic E-state index is 13.9. The lowest BCUT2D eigenvalue weighted by Crippen LogP contribution is -2.36. The van der Waals surface area contributed by atoms with E-state index in [-0.39, 0.29) is 11.8 Å². The highest BCUT2D eigenvalue weighted by Gasteiger charge is 2.26. The van der Waals surface area contributed by atoms with E-state index in [2.05, 4.69) is 23.1 Å². The third kappa shape index (κ3) is 6.92. The largest absolute Gasteiger partial charge is 0.341 e. The number of likely N-dealkylation sites (N-methyl/N-ethyl adjacent to an activating group) is 1. The molecule has 0 bridgehead atoms. The summed E-state index contributed by atoms with van der Waals surface area (Å²) in [5.41, 5.74) is 4.07. The van der Waals surface area contributed by atoms with E-state index in [9.17, 15) is 9.00 Å². The Morgan fingerprint density at radius 1 is 0.976 bits per heavy atom. The van der Waals surface area contributed by atoms with Gasteiger partial charge in [-0.05, 0) is 97.4 Å². The summed E-state index contributed by atoms with van der Waals surface area (Å²) in [6.45, 7) is 5.49. The van der Waals surface area contributed by atoms with Gasteiger partial charge in [0, 0.05) is 30.7 Å². The van der Waals surface area contributed by atoms with Crippen molar-refractivity contribution in [2.75, 3.05) is 39.5 Å². The molecule has 0 aromatic heterocycles. The fourth-order valence-corrected chi connectivity index (χ4v) is 7.43. The van der Waals surface area contributed by atoms with E-state index in [0.29, 0.717) is 22.5 Å². The minimum absolute atomic E-state index is 0.0298. The van der Waals surface area contributed by atoms with Crippen molar-refractivity contribution in [3.63, 3.8) is 0 Å². The molecule has 1 aliphatic heterocycles. The highest BCUT2D eigenvalue weighted by Crippen LogP contribution is 2.34. The fourth-order valence-electron chi connectivity index (χ4n) is 6.28. The molecule has 220 valence electrons. The van der Waals surface area contributed by atoms with Gasteiger partial charge in [0.1, 0.15) is 0 Å². The van der Waals surface area contributed by atoms with E-state index in [1.165, 1.54) is 5.56 Å². The zero-order valence-corrected chi connectivity index (χ0v) is 26.8. The Bertz CT molecular complexity index is 1600. The molecule has 0 saturated carbocycles. The molecule has 0 spiro atoms. The number of piperidine rings is 1. The van der Waals surface area contributed by atoms with Gasteiger partial charge in [-0.25, -0.2) is 0 Å². The van der Waals surface area contributed by atoms with Crippen molar-refractivity contribution < 1.29 is 9.00 Å². The molecule has 42 heavy (non-hydrogen) atoms. The minimum Gasteiger partial charge on any atom is -0.341 e. The number of hydrogen-bond acceptors (Lipinski definition) is 3. The summed E-state index contributed by atoms with van der Waals surface area (Å²) in [5.74, 6) is 0.562. The van der Waals surface area contributed by atoms with Crippen LogP contribution in [0.1, 0.15) is 58.1 Å². The Balaban J connectivity index is 1.30. The smallest absolute Gasteiger partial charge is 0.254 e. The summed E-state index contributed by atoms with van der Waals surface area (Å²) in [6.07, 6.45) is 4.75. The first kappa shape index (κ1) is 30.7. The number of halogens is 2. The summed E-state index contributed by atoms with van der Waals surface area (Å²) in [4.78, 5) is 19.2. The molecule has 1 amide bonds. The van der Waals surface area contributed by atoms with Crippen molar-refractivity contribution in [3.05, 3.63) is 111 Å². The average Bonchev–Trinajstić information content (AvgIpc) is 3.00. The van der Waals surface area contributed by atoms with Gasteiger partial charge < -0.3 is 9.80 Å². The first-order valence-electron chi connectivity index (χ1n) is 14.6. The van der Waals surface area contributed by atoms with Gasteiger partial charge in [0.2, 0.25) is 0 Å². The highest BCUT2D eigenvalue weighted by atomic mass is 35.5. The molecule has 4 aromatic rings. The predicted octanol–water partition coefficient (Wildman–Crippen LogP) is 8.32. The van der Waals surface area contributed by atoms with Gasteiger partial charge in [0.05, 0.1) is 26.4 Å². The Kier molecular flexibility index (Phi) is 10.1. The molecule has 1 aliphatic rings. The number of carbonyl (C=O) groups excluding carboxylic acids is 1. The van der Waals surface area contributed by atoms with Crippen LogP contribution in [0.4, 0.5) is 0 Å². The van der Waals surface area contributed by atoms with Gasteiger partial charge in [-0.1, -0.05) is 83.9 Å². The Labute approximate surface area is 262 Å². The maximum absolute atomic E-state index is 13.9. The van der Waals surface area contributed by atoms with Crippen LogP contribution in [0.3, 0.4) is 0 Å². The number of nitrogens with zero attached hydrogens (tertiary/aromatic N) is 2. The molecule has 0 aliphatic carbocycles. The van der Waals surface area contributed by atoms with E-state index >= 15 is 0 Å². The van der Waals surface area contributed by atoms with Gasteiger partial charge in [-0.3, -0.25) is 9.00 Å². The minimum atomic E-state index is -0.985. The van der Waals surface area contributed by atoms with Crippen LogP contribution in [-0.2, 0) is 10.8 Å². The SMILES string of the molecule is Cc1ccc2ccccc2c1C(=O)N(C)C[C@@H](CCN1CCC(c2ccccc2[S@](C)=O)CC1)c1ccc(Cl)c(Cl)c1.